The van der Waals surface area contributed by atoms with E-state index >= 15 is 0 Å². The van der Waals surface area contributed by atoms with E-state index in [4.69, 9.17) is 10.00 Å². The average molecular weight is 259 g/mol. The monoisotopic (exact) mass is 259 g/mol. The Morgan fingerprint density at radius 3 is 2.74 bits per heavy atom. The number of aromatic nitrogens is 2. The number of ether oxygens (including phenoxy) is 1. The summed E-state index contributed by atoms with van der Waals surface area (Å²) in [5.41, 5.74) is 0.919. The number of hydrogen-bond donors (Lipinski definition) is 1. The molecule has 1 aromatic heterocycles. The molecule has 6 heteroatoms. The summed E-state index contributed by atoms with van der Waals surface area (Å²) >= 11 is 0. The van der Waals surface area contributed by atoms with Crippen LogP contribution in [-0.2, 0) is 4.74 Å². The van der Waals surface area contributed by atoms with Crippen LogP contribution in [0.4, 0.5) is 4.39 Å². The first-order chi connectivity index (χ1) is 9.17. The summed E-state index contributed by atoms with van der Waals surface area (Å²) in [6, 6.07) is 7.33. The van der Waals surface area contributed by atoms with Crippen molar-refractivity contribution >= 4 is 5.97 Å². The first-order valence-corrected chi connectivity index (χ1v) is 5.59. The molecular weight excluding hydrogens is 249 g/mol. The fourth-order valence-electron chi connectivity index (χ4n) is 1.65. The van der Waals surface area contributed by atoms with Crippen LogP contribution >= 0.6 is 0 Å². The third kappa shape index (κ3) is 2.45. The minimum atomic E-state index is -0.632. The van der Waals surface area contributed by atoms with Gasteiger partial charge in [0.1, 0.15) is 17.4 Å². The topological polar surface area (TPSA) is 78.8 Å². The number of nitriles is 1. The summed E-state index contributed by atoms with van der Waals surface area (Å²) in [6.45, 7) is 1.86. The van der Waals surface area contributed by atoms with Crippen molar-refractivity contribution in [2.24, 2.45) is 0 Å². The number of rotatable bonds is 3. The van der Waals surface area contributed by atoms with E-state index in [0.29, 0.717) is 11.3 Å². The predicted octanol–water partition coefficient (Wildman–Crippen LogP) is 2.26. The lowest BCUT2D eigenvalue weighted by Crippen LogP contribution is -2.07. The summed E-state index contributed by atoms with van der Waals surface area (Å²) in [5.74, 6) is -1.02. The largest absolute Gasteiger partial charge is 0.462 e. The second kappa shape index (κ2) is 5.31. The maximum atomic E-state index is 12.9. The molecular formula is C13H10FN3O2. The lowest BCUT2D eigenvalue weighted by atomic mass is 10.1. The molecule has 0 aliphatic carbocycles. The van der Waals surface area contributed by atoms with E-state index in [1.54, 1.807) is 6.92 Å². The van der Waals surface area contributed by atoms with E-state index < -0.39 is 5.97 Å². The van der Waals surface area contributed by atoms with Crippen molar-refractivity contribution < 1.29 is 13.9 Å². The molecule has 5 nitrogen and oxygen atoms in total. The van der Waals surface area contributed by atoms with Crippen molar-refractivity contribution in [3.05, 3.63) is 41.3 Å². The quantitative estimate of drug-likeness (QED) is 0.857. The Kier molecular flexibility index (Phi) is 3.57. The summed E-state index contributed by atoms with van der Waals surface area (Å²) in [4.78, 5) is 11.8. The van der Waals surface area contributed by atoms with Crippen LogP contribution in [0.25, 0.3) is 11.3 Å². The first kappa shape index (κ1) is 12.8. The zero-order valence-corrected chi connectivity index (χ0v) is 10.1. The third-order valence-electron chi connectivity index (χ3n) is 2.48. The summed E-state index contributed by atoms with van der Waals surface area (Å²) in [6.07, 6.45) is 0. The zero-order valence-electron chi connectivity index (χ0n) is 10.1. The first-order valence-electron chi connectivity index (χ1n) is 5.59. The number of halogens is 1. The maximum Gasteiger partial charge on any atom is 0.343 e. The number of hydrogen-bond acceptors (Lipinski definition) is 4. The SMILES string of the molecule is CCOC(=O)c1c(C#N)n[nH]c1-c1ccc(F)cc1. The normalized spacial score (nSPS) is 9.95. The molecule has 0 spiro atoms. The molecule has 19 heavy (non-hydrogen) atoms. The van der Waals surface area contributed by atoms with Crippen LogP contribution in [0.1, 0.15) is 23.0 Å². The fourth-order valence-corrected chi connectivity index (χ4v) is 1.65. The van der Waals surface area contributed by atoms with Gasteiger partial charge in [0, 0.05) is 5.56 Å². The molecule has 96 valence electrons. The molecule has 1 N–H and O–H groups in total. The van der Waals surface area contributed by atoms with E-state index in [2.05, 4.69) is 10.2 Å². The Hall–Kier alpha value is -2.68. The molecule has 0 atom stereocenters. The van der Waals surface area contributed by atoms with Gasteiger partial charge in [-0.15, -0.1) is 0 Å². The Morgan fingerprint density at radius 2 is 2.16 bits per heavy atom. The Labute approximate surface area is 108 Å². The Morgan fingerprint density at radius 1 is 1.47 bits per heavy atom. The van der Waals surface area contributed by atoms with Gasteiger partial charge < -0.3 is 4.74 Å². The minimum absolute atomic E-state index is 0.0437. The van der Waals surface area contributed by atoms with Crippen LogP contribution < -0.4 is 0 Å². The highest BCUT2D eigenvalue weighted by atomic mass is 19.1. The smallest absolute Gasteiger partial charge is 0.343 e. The standard InChI is InChI=1S/C13H10FN3O2/c1-2-19-13(18)11-10(7-15)16-17-12(11)8-3-5-9(14)6-4-8/h3-6H,2H2,1H3,(H,16,17). The summed E-state index contributed by atoms with van der Waals surface area (Å²) in [7, 11) is 0. The molecule has 2 rings (SSSR count). The van der Waals surface area contributed by atoms with Crippen molar-refractivity contribution in [3.8, 4) is 17.3 Å². The predicted molar refractivity (Wildman–Crippen MR) is 64.7 cm³/mol. The Bertz CT molecular complexity index is 641. The van der Waals surface area contributed by atoms with Gasteiger partial charge in [-0.25, -0.2) is 9.18 Å². The number of carbonyl (C=O) groups excluding carboxylic acids is 1. The van der Waals surface area contributed by atoms with Gasteiger partial charge in [-0.3, -0.25) is 5.10 Å². The molecule has 0 amide bonds. The number of nitrogens with one attached hydrogen (secondary N) is 1. The summed E-state index contributed by atoms with van der Waals surface area (Å²) < 4.78 is 17.8. The second-order valence-corrected chi connectivity index (χ2v) is 3.66. The van der Waals surface area contributed by atoms with E-state index in [-0.39, 0.29) is 23.7 Å². The van der Waals surface area contributed by atoms with Crippen molar-refractivity contribution in [3.63, 3.8) is 0 Å². The van der Waals surface area contributed by atoms with Gasteiger partial charge in [-0.1, -0.05) is 0 Å². The van der Waals surface area contributed by atoms with Gasteiger partial charge in [0.05, 0.1) is 12.3 Å². The highest BCUT2D eigenvalue weighted by Crippen LogP contribution is 2.24. The highest BCUT2D eigenvalue weighted by Gasteiger charge is 2.22. The molecule has 0 unspecified atom stereocenters. The highest BCUT2D eigenvalue weighted by molar-refractivity contribution is 5.98. The average Bonchev–Trinajstić information content (AvgIpc) is 2.83. The number of nitrogens with zero attached hydrogens (tertiary/aromatic N) is 2. The number of aromatic amines is 1. The lowest BCUT2D eigenvalue weighted by Gasteiger charge is -2.03. The van der Waals surface area contributed by atoms with Crippen LogP contribution in [0.3, 0.4) is 0 Å². The molecule has 0 fully saturated rings. The van der Waals surface area contributed by atoms with Gasteiger partial charge in [-0.05, 0) is 31.2 Å². The van der Waals surface area contributed by atoms with Crippen LogP contribution in [-0.4, -0.2) is 22.8 Å². The van der Waals surface area contributed by atoms with Crippen LogP contribution in [0.5, 0.6) is 0 Å². The molecule has 0 aliphatic rings. The molecule has 0 radical (unpaired) electrons. The molecule has 0 saturated carbocycles. The van der Waals surface area contributed by atoms with Gasteiger partial charge in [-0.2, -0.15) is 10.4 Å². The van der Waals surface area contributed by atoms with Crippen molar-refractivity contribution in [1.29, 1.82) is 5.26 Å². The minimum Gasteiger partial charge on any atom is -0.462 e. The van der Waals surface area contributed by atoms with E-state index in [1.165, 1.54) is 24.3 Å². The Balaban J connectivity index is 2.52. The van der Waals surface area contributed by atoms with Gasteiger partial charge in [0.2, 0.25) is 0 Å². The van der Waals surface area contributed by atoms with Crippen molar-refractivity contribution in [1.82, 2.24) is 10.2 Å². The van der Waals surface area contributed by atoms with E-state index in [0.717, 1.165) is 0 Å². The van der Waals surface area contributed by atoms with Crippen LogP contribution in [0.2, 0.25) is 0 Å². The van der Waals surface area contributed by atoms with Crippen LogP contribution in [0.15, 0.2) is 24.3 Å². The molecule has 0 aliphatic heterocycles. The number of esters is 1. The van der Waals surface area contributed by atoms with E-state index in [1.807, 2.05) is 6.07 Å². The number of H-pyrrole nitrogens is 1. The van der Waals surface area contributed by atoms with Gasteiger partial charge in [0.25, 0.3) is 0 Å². The lowest BCUT2D eigenvalue weighted by molar-refractivity contribution is 0.0527. The summed E-state index contributed by atoms with van der Waals surface area (Å²) in [5, 5.41) is 15.3. The maximum absolute atomic E-state index is 12.9. The molecule has 1 heterocycles. The second-order valence-electron chi connectivity index (χ2n) is 3.66. The molecule has 0 saturated heterocycles. The van der Waals surface area contributed by atoms with Crippen LogP contribution in [0, 0.1) is 17.1 Å². The van der Waals surface area contributed by atoms with E-state index in [9.17, 15) is 9.18 Å². The number of carbonyl (C=O) groups is 1. The fraction of sp³-hybridized carbons (Fsp3) is 0.154. The zero-order chi connectivity index (χ0) is 13.8. The molecule has 1 aromatic carbocycles. The number of benzene rings is 1. The molecule has 2 aromatic rings. The molecule has 0 bridgehead atoms. The van der Waals surface area contributed by atoms with Gasteiger partial charge in [0.15, 0.2) is 5.69 Å². The van der Waals surface area contributed by atoms with Crippen molar-refractivity contribution in [2.45, 2.75) is 6.92 Å². The van der Waals surface area contributed by atoms with Gasteiger partial charge >= 0.3 is 5.97 Å². The van der Waals surface area contributed by atoms with Crippen molar-refractivity contribution in [2.75, 3.05) is 6.61 Å². The third-order valence-corrected chi connectivity index (χ3v) is 2.48.